The molecular weight excluding hydrogens is 260 g/mol. The zero-order valence-electron chi connectivity index (χ0n) is 12.2. The average Bonchev–Trinajstić information content (AvgIpc) is 2.38. The Morgan fingerprint density at radius 3 is 2.75 bits per heavy atom. The predicted octanol–water partition coefficient (Wildman–Crippen LogP) is 1.45. The highest BCUT2D eigenvalue weighted by atomic mass is 16.5. The number of likely N-dealkylation sites (tertiary alicyclic amines) is 1. The van der Waals surface area contributed by atoms with E-state index in [1.807, 2.05) is 13.8 Å². The molecule has 0 radical (unpaired) electrons. The topological polar surface area (TPSA) is 78.9 Å². The van der Waals surface area contributed by atoms with E-state index in [4.69, 9.17) is 4.74 Å². The number of carbonyl (C=O) groups excluding carboxylic acids is 1. The molecule has 0 saturated carbocycles. The van der Waals surface area contributed by atoms with Crippen molar-refractivity contribution in [3.8, 4) is 0 Å². The second-order valence-electron chi connectivity index (χ2n) is 6.24. The fourth-order valence-corrected chi connectivity index (χ4v) is 3.15. The Labute approximate surface area is 119 Å². The molecule has 20 heavy (non-hydrogen) atoms. The van der Waals surface area contributed by atoms with Crippen molar-refractivity contribution in [3.05, 3.63) is 0 Å². The Morgan fingerprint density at radius 1 is 1.40 bits per heavy atom. The van der Waals surface area contributed by atoms with Gasteiger partial charge in [-0.1, -0.05) is 6.92 Å². The third-order valence-electron chi connectivity index (χ3n) is 4.29. The van der Waals surface area contributed by atoms with Crippen LogP contribution < -0.4 is 5.32 Å². The number of amides is 2. The summed E-state index contributed by atoms with van der Waals surface area (Å²) in [6, 6.07) is -1.01. The van der Waals surface area contributed by atoms with E-state index in [0.29, 0.717) is 13.2 Å². The standard InChI is InChI=1S/C14H24N2O4/c1-10-5-3-7-16(11(10)12(17)18)13(19)15-14(2)6-4-8-20-9-14/h10-11H,3-9H2,1-2H3,(H,15,19)(H,17,18). The van der Waals surface area contributed by atoms with E-state index >= 15 is 0 Å². The fourth-order valence-electron chi connectivity index (χ4n) is 3.15. The van der Waals surface area contributed by atoms with Crippen LogP contribution in [0.3, 0.4) is 0 Å². The number of urea groups is 1. The Balaban J connectivity index is 2.04. The van der Waals surface area contributed by atoms with Crippen LogP contribution in [0.25, 0.3) is 0 Å². The molecule has 0 aromatic carbocycles. The third kappa shape index (κ3) is 3.23. The first-order chi connectivity index (χ1) is 9.43. The maximum absolute atomic E-state index is 12.4. The molecule has 0 spiro atoms. The van der Waals surface area contributed by atoms with Crippen LogP contribution >= 0.6 is 0 Å². The zero-order valence-corrected chi connectivity index (χ0v) is 12.2. The van der Waals surface area contributed by atoms with Crippen LogP contribution in [0, 0.1) is 5.92 Å². The van der Waals surface area contributed by atoms with Gasteiger partial charge in [-0.25, -0.2) is 9.59 Å². The maximum atomic E-state index is 12.4. The summed E-state index contributed by atoms with van der Waals surface area (Å²) in [6.07, 6.45) is 3.47. The van der Waals surface area contributed by atoms with Crippen molar-refractivity contribution in [1.29, 1.82) is 0 Å². The van der Waals surface area contributed by atoms with Crippen LogP contribution in [0.2, 0.25) is 0 Å². The number of nitrogens with zero attached hydrogens (tertiary/aromatic N) is 1. The van der Waals surface area contributed by atoms with E-state index in [1.54, 1.807) is 0 Å². The fraction of sp³-hybridized carbons (Fsp3) is 0.857. The van der Waals surface area contributed by atoms with Crippen LogP contribution in [-0.2, 0) is 9.53 Å². The van der Waals surface area contributed by atoms with Crippen molar-refractivity contribution in [3.63, 3.8) is 0 Å². The van der Waals surface area contributed by atoms with Gasteiger partial charge < -0.3 is 20.1 Å². The predicted molar refractivity (Wildman–Crippen MR) is 73.5 cm³/mol. The first-order valence-electron chi connectivity index (χ1n) is 7.32. The molecule has 0 bridgehead atoms. The quantitative estimate of drug-likeness (QED) is 0.804. The van der Waals surface area contributed by atoms with Crippen molar-refractivity contribution in [2.45, 2.75) is 51.1 Å². The Hall–Kier alpha value is -1.30. The minimum Gasteiger partial charge on any atom is -0.480 e. The van der Waals surface area contributed by atoms with Gasteiger partial charge in [-0.15, -0.1) is 0 Å². The molecule has 6 nitrogen and oxygen atoms in total. The van der Waals surface area contributed by atoms with Gasteiger partial charge in [0.25, 0.3) is 0 Å². The van der Waals surface area contributed by atoms with Gasteiger partial charge >= 0.3 is 12.0 Å². The molecule has 2 aliphatic heterocycles. The van der Waals surface area contributed by atoms with Crippen molar-refractivity contribution in [1.82, 2.24) is 10.2 Å². The molecule has 0 aromatic heterocycles. The lowest BCUT2D eigenvalue weighted by molar-refractivity contribution is -0.145. The highest BCUT2D eigenvalue weighted by Gasteiger charge is 2.39. The minimum absolute atomic E-state index is 0.0117. The Bertz CT molecular complexity index is 379. The van der Waals surface area contributed by atoms with Crippen molar-refractivity contribution in [2.24, 2.45) is 5.92 Å². The minimum atomic E-state index is -0.919. The van der Waals surface area contributed by atoms with E-state index < -0.39 is 12.0 Å². The number of rotatable bonds is 2. The summed E-state index contributed by atoms with van der Waals surface area (Å²) in [5, 5.41) is 12.3. The SMILES string of the molecule is CC1CCCN(C(=O)NC2(C)CCCOC2)C1C(=O)O. The smallest absolute Gasteiger partial charge is 0.326 e. The number of carboxylic acids is 1. The number of carbonyl (C=O) groups is 2. The molecule has 6 heteroatoms. The van der Waals surface area contributed by atoms with Gasteiger partial charge in [0.1, 0.15) is 6.04 Å². The molecule has 3 atom stereocenters. The molecule has 3 unspecified atom stereocenters. The second kappa shape index (κ2) is 5.99. The van der Waals surface area contributed by atoms with Crippen LogP contribution in [0.4, 0.5) is 4.79 Å². The highest BCUT2D eigenvalue weighted by Crippen LogP contribution is 2.25. The lowest BCUT2D eigenvalue weighted by atomic mass is 9.90. The number of hydrogen-bond acceptors (Lipinski definition) is 3. The van der Waals surface area contributed by atoms with E-state index in [-0.39, 0.29) is 17.5 Å². The lowest BCUT2D eigenvalue weighted by Crippen LogP contribution is -2.60. The van der Waals surface area contributed by atoms with Crippen LogP contribution in [0.15, 0.2) is 0 Å². The molecule has 2 saturated heterocycles. The van der Waals surface area contributed by atoms with Crippen molar-refractivity contribution >= 4 is 12.0 Å². The maximum Gasteiger partial charge on any atom is 0.326 e. The first-order valence-corrected chi connectivity index (χ1v) is 7.32. The summed E-state index contributed by atoms with van der Waals surface area (Å²) in [7, 11) is 0. The molecule has 2 amide bonds. The summed E-state index contributed by atoms with van der Waals surface area (Å²) >= 11 is 0. The first kappa shape index (κ1) is 15.1. The molecular formula is C14H24N2O4. The van der Waals surface area contributed by atoms with Crippen molar-refractivity contribution in [2.75, 3.05) is 19.8 Å². The van der Waals surface area contributed by atoms with Gasteiger partial charge in [0, 0.05) is 13.2 Å². The van der Waals surface area contributed by atoms with Crippen LogP contribution in [0.1, 0.15) is 39.5 Å². The normalized spacial score (nSPS) is 34.6. The van der Waals surface area contributed by atoms with E-state index in [0.717, 1.165) is 32.3 Å². The summed E-state index contributed by atoms with van der Waals surface area (Å²) in [6.45, 7) is 5.56. The summed E-state index contributed by atoms with van der Waals surface area (Å²) in [5.41, 5.74) is -0.390. The van der Waals surface area contributed by atoms with E-state index in [2.05, 4.69) is 5.32 Å². The van der Waals surface area contributed by atoms with Gasteiger partial charge in [0.05, 0.1) is 12.1 Å². The highest BCUT2D eigenvalue weighted by molar-refractivity contribution is 5.83. The number of carboxylic acid groups (broad SMARTS) is 1. The molecule has 2 rings (SSSR count). The van der Waals surface area contributed by atoms with Gasteiger partial charge in [0.15, 0.2) is 0 Å². The zero-order chi connectivity index (χ0) is 14.8. The number of ether oxygens (including phenoxy) is 1. The number of piperidine rings is 1. The number of aliphatic carboxylic acids is 1. The second-order valence-corrected chi connectivity index (χ2v) is 6.24. The molecule has 0 aromatic rings. The molecule has 2 heterocycles. The monoisotopic (exact) mass is 284 g/mol. The largest absolute Gasteiger partial charge is 0.480 e. The Morgan fingerprint density at radius 2 is 2.15 bits per heavy atom. The number of nitrogens with one attached hydrogen (secondary N) is 1. The molecule has 2 N–H and O–H groups in total. The number of hydrogen-bond donors (Lipinski definition) is 2. The third-order valence-corrected chi connectivity index (χ3v) is 4.29. The van der Waals surface area contributed by atoms with Crippen LogP contribution in [-0.4, -0.2) is 53.3 Å². The molecule has 2 fully saturated rings. The molecule has 114 valence electrons. The summed E-state index contributed by atoms with van der Waals surface area (Å²) < 4.78 is 5.42. The van der Waals surface area contributed by atoms with Crippen LogP contribution in [0.5, 0.6) is 0 Å². The van der Waals surface area contributed by atoms with Crippen molar-refractivity contribution < 1.29 is 19.4 Å². The van der Waals surface area contributed by atoms with Gasteiger partial charge in [0.2, 0.25) is 0 Å². The van der Waals surface area contributed by atoms with Gasteiger partial charge in [-0.3, -0.25) is 0 Å². The Kier molecular flexibility index (Phi) is 4.52. The van der Waals surface area contributed by atoms with E-state index in [9.17, 15) is 14.7 Å². The molecule has 2 aliphatic rings. The molecule has 0 aliphatic carbocycles. The van der Waals surface area contributed by atoms with E-state index in [1.165, 1.54) is 4.90 Å². The van der Waals surface area contributed by atoms with Gasteiger partial charge in [-0.05, 0) is 38.5 Å². The average molecular weight is 284 g/mol. The van der Waals surface area contributed by atoms with Gasteiger partial charge in [-0.2, -0.15) is 0 Å². The summed E-state index contributed by atoms with van der Waals surface area (Å²) in [4.78, 5) is 25.3. The summed E-state index contributed by atoms with van der Waals surface area (Å²) in [5.74, 6) is -0.931. The lowest BCUT2D eigenvalue weighted by Gasteiger charge is -2.41.